The van der Waals surface area contributed by atoms with Crippen LogP contribution in [0.4, 0.5) is 4.39 Å². The van der Waals surface area contributed by atoms with Gasteiger partial charge in [0, 0.05) is 25.2 Å². The van der Waals surface area contributed by atoms with Crippen molar-refractivity contribution < 1.29 is 9.18 Å². The second-order valence-electron chi connectivity index (χ2n) is 5.38. The van der Waals surface area contributed by atoms with Gasteiger partial charge in [-0.25, -0.2) is 4.39 Å². The summed E-state index contributed by atoms with van der Waals surface area (Å²) in [4.78, 5) is 13.8. The van der Waals surface area contributed by atoms with E-state index < -0.39 is 0 Å². The summed E-state index contributed by atoms with van der Waals surface area (Å²) >= 11 is 0. The highest BCUT2D eigenvalue weighted by Gasteiger charge is 2.16. The zero-order valence-corrected chi connectivity index (χ0v) is 12.1. The van der Waals surface area contributed by atoms with E-state index in [1.165, 1.54) is 12.1 Å². The fourth-order valence-electron chi connectivity index (χ4n) is 1.81. The van der Waals surface area contributed by atoms with Crippen LogP contribution in [0.2, 0.25) is 0 Å². The van der Waals surface area contributed by atoms with Gasteiger partial charge in [-0.1, -0.05) is 19.9 Å². The Morgan fingerprint density at radius 3 is 2.63 bits per heavy atom. The van der Waals surface area contributed by atoms with E-state index >= 15 is 0 Å². The molecule has 3 nitrogen and oxygen atoms in total. The number of nitrogens with zero attached hydrogens (tertiary/aromatic N) is 1. The van der Waals surface area contributed by atoms with Gasteiger partial charge in [0.2, 0.25) is 0 Å². The third-order valence-corrected chi connectivity index (χ3v) is 3.43. The Hall–Kier alpha value is -1.42. The molecule has 0 aliphatic carbocycles. The van der Waals surface area contributed by atoms with Crippen LogP contribution in [0.5, 0.6) is 0 Å². The van der Waals surface area contributed by atoms with Crippen molar-refractivity contribution in [2.24, 2.45) is 11.7 Å². The zero-order valence-electron chi connectivity index (χ0n) is 12.1. The normalized spacial score (nSPS) is 12.6. The molecule has 1 amide bonds. The number of carbonyl (C=O) groups excluding carboxylic acids is 1. The molecule has 0 aliphatic rings. The summed E-state index contributed by atoms with van der Waals surface area (Å²) in [5.74, 6) is -0.159. The Labute approximate surface area is 114 Å². The van der Waals surface area contributed by atoms with Gasteiger partial charge in [-0.3, -0.25) is 4.79 Å². The molecule has 2 N–H and O–H groups in total. The van der Waals surface area contributed by atoms with Crippen molar-refractivity contribution in [1.82, 2.24) is 4.90 Å². The van der Waals surface area contributed by atoms with Crippen molar-refractivity contribution in [3.8, 4) is 0 Å². The zero-order chi connectivity index (χ0) is 14.6. The number of amides is 1. The maximum Gasteiger partial charge on any atom is 0.253 e. The van der Waals surface area contributed by atoms with Gasteiger partial charge in [0.25, 0.3) is 5.91 Å². The summed E-state index contributed by atoms with van der Waals surface area (Å²) in [7, 11) is 1.72. The van der Waals surface area contributed by atoms with Crippen LogP contribution < -0.4 is 5.73 Å². The Kier molecular flexibility index (Phi) is 5.48. The van der Waals surface area contributed by atoms with Crippen LogP contribution in [-0.4, -0.2) is 30.4 Å². The van der Waals surface area contributed by atoms with Gasteiger partial charge in [-0.2, -0.15) is 0 Å². The molecule has 0 saturated carbocycles. The summed E-state index contributed by atoms with van der Waals surface area (Å²) in [5.41, 5.74) is 7.16. The largest absolute Gasteiger partial charge is 0.342 e. The molecule has 1 atom stereocenters. The number of rotatable bonds is 5. The highest BCUT2D eigenvalue weighted by molar-refractivity contribution is 5.95. The van der Waals surface area contributed by atoms with E-state index in [1.807, 2.05) is 0 Å². The Bertz CT molecular complexity index is 446. The highest BCUT2D eigenvalue weighted by Crippen LogP contribution is 2.13. The molecule has 0 radical (unpaired) electrons. The first-order valence-corrected chi connectivity index (χ1v) is 6.60. The van der Waals surface area contributed by atoms with Crippen LogP contribution in [0.15, 0.2) is 18.2 Å². The second kappa shape index (κ2) is 6.66. The van der Waals surface area contributed by atoms with Gasteiger partial charge in [-0.05, 0) is 37.0 Å². The van der Waals surface area contributed by atoms with E-state index in [1.54, 1.807) is 24.9 Å². The maximum atomic E-state index is 13.2. The van der Waals surface area contributed by atoms with Crippen molar-refractivity contribution in [2.45, 2.75) is 33.2 Å². The SMILES string of the molecule is Cc1ccc(F)cc1C(=O)N(C)CC[C@@H](N)C(C)C. The molecule has 0 aliphatic heterocycles. The van der Waals surface area contributed by atoms with Gasteiger partial charge in [0.15, 0.2) is 0 Å². The number of benzene rings is 1. The van der Waals surface area contributed by atoms with Crippen molar-refractivity contribution in [2.75, 3.05) is 13.6 Å². The Morgan fingerprint density at radius 2 is 2.05 bits per heavy atom. The van der Waals surface area contributed by atoms with Crippen molar-refractivity contribution in [3.05, 3.63) is 35.1 Å². The lowest BCUT2D eigenvalue weighted by Crippen LogP contribution is -2.34. The third kappa shape index (κ3) is 4.31. The molecular weight excluding hydrogens is 243 g/mol. The van der Waals surface area contributed by atoms with Crippen LogP contribution in [0, 0.1) is 18.7 Å². The van der Waals surface area contributed by atoms with Crippen LogP contribution in [0.1, 0.15) is 36.2 Å². The number of nitrogens with two attached hydrogens (primary N) is 1. The van der Waals surface area contributed by atoms with E-state index in [2.05, 4.69) is 13.8 Å². The first-order chi connectivity index (χ1) is 8.82. The van der Waals surface area contributed by atoms with E-state index in [0.717, 1.165) is 12.0 Å². The maximum absolute atomic E-state index is 13.2. The van der Waals surface area contributed by atoms with E-state index in [0.29, 0.717) is 18.0 Å². The summed E-state index contributed by atoms with van der Waals surface area (Å²) in [6.45, 7) is 6.50. The van der Waals surface area contributed by atoms with E-state index in [4.69, 9.17) is 5.73 Å². The minimum absolute atomic E-state index is 0.0730. The molecule has 0 spiro atoms. The summed E-state index contributed by atoms with van der Waals surface area (Å²) in [6, 6.07) is 4.34. The number of hydrogen-bond acceptors (Lipinski definition) is 2. The standard InChI is InChI=1S/C15H23FN2O/c1-10(2)14(17)7-8-18(4)15(19)13-9-12(16)6-5-11(13)3/h5-6,9-10,14H,7-8,17H2,1-4H3/t14-/m1/s1. The van der Waals surface area contributed by atoms with Crippen molar-refractivity contribution >= 4 is 5.91 Å². The number of aryl methyl sites for hydroxylation is 1. The molecule has 4 heteroatoms. The lowest BCUT2D eigenvalue weighted by atomic mass is 10.0. The molecular formula is C15H23FN2O. The van der Waals surface area contributed by atoms with Crippen LogP contribution >= 0.6 is 0 Å². The minimum atomic E-state index is -0.388. The molecule has 1 rings (SSSR count). The summed E-state index contributed by atoms with van der Waals surface area (Å²) < 4.78 is 13.2. The van der Waals surface area contributed by atoms with E-state index in [9.17, 15) is 9.18 Å². The molecule has 0 fully saturated rings. The van der Waals surface area contributed by atoms with Gasteiger partial charge in [0.1, 0.15) is 5.82 Å². The lowest BCUT2D eigenvalue weighted by molar-refractivity contribution is 0.0788. The van der Waals surface area contributed by atoms with Gasteiger partial charge in [-0.15, -0.1) is 0 Å². The number of hydrogen-bond donors (Lipinski definition) is 1. The monoisotopic (exact) mass is 266 g/mol. The average Bonchev–Trinajstić information content (AvgIpc) is 2.37. The van der Waals surface area contributed by atoms with Gasteiger partial charge in [0.05, 0.1) is 0 Å². The molecule has 1 aromatic carbocycles. The molecule has 106 valence electrons. The average molecular weight is 266 g/mol. The Balaban J connectivity index is 2.69. The van der Waals surface area contributed by atoms with Crippen LogP contribution in [0.25, 0.3) is 0 Å². The molecule has 0 unspecified atom stereocenters. The highest BCUT2D eigenvalue weighted by atomic mass is 19.1. The molecule has 0 aromatic heterocycles. The Morgan fingerprint density at radius 1 is 1.42 bits per heavy atom. The number of halogens is 1. The summed E-state index contributed by atoms with van der Waals surface area (Å²) in [6.07, 6.45) is 0.744. The first-order valence-electron chi connectivity index (χ1n) is 6.60. The van der Waals surface area contributed by atoms with Crippen molar-refractivity contribution in [1.29, 1.82) is 0 Å². The molecule has 0 heterocycles. The van der Waals surface area contributed by atoms with Gasteiger partial charge < -0.3 is 10.6 Å². The molecule has 0 saturated heterocycles. The van der Waals surface area contributed by atoms with E-state index in [-0.39, 0.29) is 17.8 Å². The predicted octanol–water partition coefficient (Wildman–Crippen LogP) is 2.58. The predicted molar refractivity (Wildman–Crippen MR) is 75.5 cm³/mol. The van der Waals surface area contributed by atoms with Crippen molar-refractivity contribution in [3.63, 3.8) is 0 Å². The minimum Gasteiger partial charge on any atom is -0.342 e. The lowest BCUT2D eigenvalue weighted by Gasteiger charge is -2.22. The second-order valence-corrected chi connectivity index (χ2v) is 5.38. The quantitative estimate of drug-likeness (QED) is 0.890. The van der Waals surface area contributed by atoms with Gasteiger partial charge >= 0.3 is 0 Å². The summed E-state index contributed by atoms with van der Waals surface area (Å²) in [5, 5.41) is 0. The molecule has 19 heavy (non-hydrogen) atoms. The fraction of sp³-hybridized carbons (Fsp3) is 0.533. The first kappa shape index (κ1) is 15.6. The third-order valence-electron chi connectivity index (χ3n) is 3.43. The molecule has 1 aromatic rings. The van der Waals surface area contributed by atoms with Crippen LogP contribution in [-0.2, 0) is 0 Å². The van der Waals surface area contributed by atoms with Crippen LogP contribution in [0.3, 0.4) is 0 Å². The fourth-order valence-corrected chi connectivity index (χ4v) is 1.81. The molecule has 0 bridgehead atoms. The smallest absolute Gasteiger partial charge is 0.253 e. The topological polar surface area (TPSA) is 46.3 Å². The number of carbonyl (C=O) groups is 1.